The third kappa shape index (κ3) is 3.35. The van der Waals surface area contributed by atoms with Gasteiger partial charge in [-0.05, 0) is 31.9 Å². The number of carbonyl (C=O) groups excluding carboxylic acids is 1. The van der Waals surface area contributed by atoms with E-state index >= 15 is 0 Å². The van der Waals surface area contributed by atoms with E-state index in [1.54, 1.807) is 11.3 Å². The summed E-state index contributed by atoms with van der Waals surface area (Å²) in [5.74, 6) is 0.300. The SMILES string of the molecule is Cc1sc(NC(=O)C2CCCC2)nc1-c1ccc(Br)cc1. The maximum Gasteiger partial charge on any atom is 0.229 e. The van der Waals surface area contributed by atoms with E-state index in [1.165, 1.54) is 12.8 Å². The number of nitrogens with zero attached hydrogens (tertiary/aromatic N) is 1. The normalized spacial score (nSPS) is 15.3. The van der Waals surface area contributed by atoms with Crippen molar-refractivity contribution in [1.29, 1.82) is 0 Å². The lowest BCUT2D eigenvalue weighted by molar-refractivity contribution is -0.119. The summed E-state index contributed by atoms with van der Waals surface area (Å²) in [6.07, 6.45) is 4.35. The van der Waals surface area contributed by atoms with Gasteiger partial charge in [0.05, 0.1) is 5.69 Å². The van der Waals surface area contributed by atoms with Crippen LogP contribution in [0, 0.1) is 12.8 Å². The van der Waals surface area contributed by atoms with Gasteiger partial charge in [-0.2, -0.15) is 0 Å². The van der Waals surface area contributed by atoms with E-state index in [0.29, 0.717) is 5.13 Å². The molecule has 1 fully saturated rings. The summed E-state index contributed by atoms with van der Waals surface area (Å²) in [5.41, 5.74) is 2.03. The molecule has 1 aliphatic rings. The first-order chi connectivity index (χ1) is 10.1. The molecule has 1 amide bonds. The van der Waals surface area contributed by atoms with Crippen LogP contribution < -0.4 is 5.32 Å². The summed E-state index contributed by atoms with van der Waals surface area (Å²) in [7, 11) is 0. The molecule has 1 N–H and O–H groups in total. The lowest BCUT2D eigenvalue weighted by atomic mass is 10.1. The van der Waals surface area contributed by atoms with Crippen molar-refractivity contribution in [3.8, 4) is 11.3 Å². The number of aryl methyl sites for hydroxylation is 1. The Kier molecular flexibility index (Phi) is 4.40. The molecule has 0 saturated heterocycles. The van der Waals surface area contributed by atoms with Crippen LogP contribution in [0.15, 0.2) is 28.7 Å². The topological polar surface area (TPSA) is 42.0 Å². The van der Waals surface area contributed by atoms with Gasteiger partial charge in [-0.15, -0.1) is 11.3 Å². The summed E-state index contributed by atoms with van der Waals surface area (Å²) in [6, 6.07) is 8.08. The lowest BCUT2D eigenvalue weighted by Gasteiger charge is -2.07. The van der Waals surface area contributed by atoms with Crippen molar-refractivity contribution < 1.29 is 4.79 Å². The van der Waals surface area contributed by atoms with Crippen LogP contribution in [0.25, 0.3) is 11.3 Å². The molecular weight excluding hydrogens is 348 g/mol. The zero-order chi connectivity index (χ0) is 14.8. The number of rotatable bonds is 3. The second-order valence-corrected chi connectivity index (χ2v) is 7.52. The van der Waals surface area contributed by atoms with Crippen molar-refractivity contribution in [3.63, 3.8) is 0 Å². The van der Waals surface area contributed by atoms with Crippen molar-refractivity contribution in [2.75, 3.05) is 5.32 Å². The molecule has 1 aromatic heterocycles. The third-order valence-corrected chi connectivity index (χ3v) is 5.29. The van der Waals surface area contributed by atoms with Gasteiger partial charge in [0.25, 0.3) is 0 Å². The highest BCUT2D eigenvalue weighted by molar-refractivity contribution is 9.10. The second-order valence-electron chi connectivity index (χ2n) is 5.40. The molecule has 3 nitrogen and oxygen atoms in total. The fourth-order valence-electron chi connectivity index (χ4n) is 2.72. The minimum atomic E-state index is 0.128. The third-order valence-electron chi connectivity index (χ3n) is 3.87. The van der Waals surface area contributed by atoms with Crippen LogP contribution in [0.5, 0.6) is 0 Å². The number of benzene rings is 1. The fourth-order valence-corrected chi connectivity index (χ4v) is 3.82. The van der Waals surface area contributed by atoms with Crippen molar-refractivity contribution >= 4 is 38.3 Å². The van der Waals surface area contributed by atoms with E-state index in [9.17, 15) is 4.79 Å². The van der Waals surface area contributed by atoms with Gasteiger partial charge in [0.2, 0.25) is 5.91 Å². The fraction of sp³-hybridized carbons (Fsp3) is 0.375. The Bertz CT molecular complexity index is 645. The highest BCUT2D eigenvalue weighted by Gasteiger charge is 2.23. The predicted octanol–water partition coefficient (Wildman–Crippen LogP) is 5.01. The first-order valence-corrected chi connectivity index (χ1v) is 8.78. The van der Waals surface area contributed by atoms with Gasteiger partial charge in [-0.25, -0.2) is 4.98 Å². The van der Waals surface area contributed by atoms with Crippen LogP contribution >= 0.6 is 27.3 Å². The standard InChI is InChI=1S/C16H17BrN2OS/c1-10-14(11-6-8-13(17)9-7-11)18-16(21-10)19-15(20)12-4-2-3-5-12/h6-9,12H,2-5H2,1H3,(H,18,19,20). The Labute approximate surface area is 136 Å². The molecule has 0 unspecified atom stereocenters. The van der Waals surface area contributed by atoms with Gasteiger partial charge < -0.3 is 5.32 Å². The zero-order valence-electron chi connectivity index (χ0n) is 11.9. The van der Waals surface area contributed by atoms with Gasteiger partial charge in [-0.3, -0.25) is 4.79 Å². The average Bonchev–Trinajstić information content (AvgIpc) is 3.10. The molecule has 0 atom stereocenters. The molecule has 1 aliphatic carbocycles. The van der Waals surface area contributed by atoms with Crippen LogP contribution in [0.1, 0.15) is 30.6 Å². The van der Waals surface area contributed by atoms with E-state index < -0.39 is 0 Å². The van der Waals surface area contributed by atoms with Crippen LogP contribution in [0.3, 0.4) is 0 Å². The first kappa shape index (κ1) is 14.7. The summed E-state index contributed by atoms with van der Waals surface area (Å²) in [5, 5.41) is 3.70. The number of amides is 1. The first-order valence-electron chi connectivity index (χ1n) is 7.18. The molecule has 1 heterocycles. The number of carbonyl (C=O) groups is 1. The molecule has 1 saturated carbocycles. The van der Waals surface area contributed by atoms with Gasteiger partial charge in [0.15, 0.2) is 5.13 Å². The predicted molar refractivity (Wildman–Crippen MR) is 90.6 cm³/mol. The van der Waals surface area contributed by atoms with E-state index in [2.05, 4.69) is 26.2 Å². The van der Waals surface area contributed by atoms with Crippen LogP contribution in [-0.4, -0.2) is 10.9 Å². The van der Waals surface area contributed by atoms with E-state index in [-0.39, 0.29) is 11.8 Å². The molecule has 21 heavy (non-hydrogen) atoms. The van der Waals surface area contributed by atoms with Gasteiger partial charge in [0.1, 0.15) is 0 Å². The number of aromatic nitrogens is 1. The van der Waals surface area contributed by atoms with Crippen LogP contribution in [-0.2, 0) is 4.79 Å². The minimum absolute atomic E-state index is 0.128. The smallest absolute Gasteiger partial charge is 0.229 e. The van der Waals surface area contributed by atoms with Crippen molar-refractivity contribution in [3.05, 3.63) is 33.6 Å². The van der Waals surface area contributed by atoms with Crippen molar-refractivity contribution in [2.45, 2.75) is 32.6 Å². The quantitative estimate of drug-likeness (QED) is 0.831. The second kappa shape index (κ2) is 6.28. The van der Waals surface area contributed by atoms with Gasteiger partial charge in [-0.1, -0.05) is 40.9 Å². The Morgan fingerprint density at radius 2 is 1.95 bits per heavy atom. The number of nitrogens with one attached hydrogen (secondary N) is 1. The number of anilines is 1. The largest absolute Gasteiger partial charge is 0.302 e. The van der Waals surface area contributed by atoms with E-state index in [1.807, 2.05) is 31.2 Å². The zero-order valence-corrected chi connectivity index (χ0v) is 14.3. The highest BCUT2D eigenvalue weighted by Crippen LogP contribution is 2.32. The van der Waals surface area contributed by atoms with Gasteiger partial charge in [0, 0.05) is 20.8 Å². The van der Waals surface area contributed by atoms with Gasteiger partial charge >= 0.3 is 0 Å². The summed E-state index contributed by atoms with van der Waals surface area (Å²) in [6.45, 7) is 2.04. The lowest BCUT2D eigenvalue weighted by Crippen LogP contribution is -2.20. The molecule has 0 radical (unpaired) electrons. The molecular formula is C16H17BrN2OS. The molecule has 3 rings (SSSR count). The Balaban J connectivity index is 1.77. The maximum atomic E-state index is 12.2. The molecule has 110 valence electrons. The van der Waals surface area contributed by atoms with Crippen molar-refractivity contribution in [2.24, 2.45) is 5.92 Å². The van der Waals surface area contributed by atoms with E-state index in [4.69, 9.17) is 0 Å². The molecule has 5 heteroatoms. The molecule has 2 aromatic rings. The number of hydrogen-bond acceptors (Lipinski definition) is 3. The molecule has 0 bridgehead atoms. The maximum absolute atomic E-state index is 12.2. The summed E-state index contributed by atoms with van der Waals surface area (Å²) in [4.78, 5) is 17.9. The molecule has 0 spiro atoms. The Morgan fingerprint density at radius 1 is 1.29 bits per heavy atom. The van der Waals surface area contributed by atoms with Crippen LogP contribution in [0.2, 0.25) is 0 Å². The number of thiazole rings is 1. The summed E-state index contributed by atoms with van der Waals surface area (Å²) >= 11 is 4.98. The monoisotopic (exact) mass is 364 g/mol. The Hall–Kier alpha value is -1.20. The number of hydrogen-bond donors (Lipinski definition) is 1. The average molecular weight is 365 g/mol. The number of halogens is 1. The minimum Gasteiger partial charge on any atom is -0.302 e. The van der Waals surface area contributed by atoms with Crippen molar-refractivity contribution in [1.82, 2.24) is 4.98 Å². The summed E-state index contributed by atoms with van der Waals surface area (Å²) < 4.78 is 1.05. The Morgan fingerprint density at radius 3 is 2.62 bits per heavy atom. The molecule has 1 aromatic carbocycles. The molecule has 0 aliphatic heterocycles. The van der Waals surface area contributed by atoms with Crippen LogP contribution in [0.4, 0.5) is 5.13 Å². The van der Waals surface area contributed by atoms with E-state index in [0.717, 1.165) is 33.4 Å². The highest BCUT2D eigenvalue weighted by atomic mass is 79.9.